The maximum Gasteiger partial charge on any atom is 0.326 e. The number of hydrogen-bond acceptors (Lipinski definition) is 6. The van der Waals surface area contributed by atoms with Crippen molar-refractivity contribution in [3.8, 4) is 0 Å². The Bertz CT molecular complexity index is 874. The van der Waals surface area contributed by atoms with Crippen molar-refractivity contribution >= 4 is 29.6 Å². The molecule has 1 aromatic rings. The van der Waals surface area contributed by atoms with Gasteiger partial charge in [-0.25, -0.2) is 4.79 Å². The first-order valence-corrected chi connectivity index (χ1v) is 11.0. The predicted octanol–water partition coefficient (Wildman–Crippen LogP) is -0.717. The van der Waals surface area contributed by atoms with Crippen LogP contribution in [0.4, 0.5) is 0 Å². The number of amides is 4. The summed E-state index contributed by atoms with van der Waals surface area (Å²) in [4.78, 5) is 61.0. The normalized spacial score (nSPS) is 14.6. The summed E-state index contributed by atoms with van der Waals surface area (Å²) in [7, 11) is 0. The van der Waals surface area contributed by atoms with Crippen LogP contribution in [-0.4, -0.2) is 58.9 Å². The molecule has 8 N–H and O–H groups in total. The summed E-state index contributed by atoms with van der Waals surface area (Å²) in [5.41, 5.74) is 11.8. The van der Waals surface area contributed by atoms with Crippen molar-refractivity contribution in [1.29, 1.82) is 0 Å². The molecule has 0 spiro atoms. The van der Waals surface area contributed by atoms with Crippen LogP contribution in [0, 0.1) is 11.8 Å². The standard InChI is InChI=1S/C23H35N5O6/c1-12(2)18(25)21(31)26-15(10-14-8-6-5-7-9-14)20(30)28-19(13(3)4)22(32)27-16(23(33)34)11-17(24)29/h5-9,12-13,15-16,18-19H,10-11,25H2,1-4H3,(H2,24,29)(H,26,31)(H,27,32)(H,28,30)(H,33,34). The molecule has 0 saturated carbocycles. The fraction of sp³-hybridized carbons (Fsp3) is 0.522. The van der Waals surface area contributed by atoms with E-state index in [0.29, 0.717) is 0 Å². The molecule has 0 aliphatic rings. The maximum atomic E-state index is 13.2. The van der Waals surface area contributed by atoms with E-state index in [0.717, 1.165) is 5.56 Å². The third kappa shape index (κ3) is 9.18. The van der Waals surface area contributed by atoms with Crippen molar-refractivity contribution < 1.29 is 29.1 Å². The fourth-order valence-electron chi connectivity index (χ4n) is 3.08. The van der Waals surface area contributed by atoms with E-state index < -0.39 is 66.1 Å². The molecule has 0 aliphatic carbocycles. The van der Waals surface area contributed by atoms with Gasteiger partial charge in [0.15, 0.2) is 0 Å². The molecule has 4 unspecified atom stereocenters. The lowest BCUT2D eigenvalue weighted by Crippen LogP contribution is -2.59. The molecule has 188 valence electrons. The molecule has 4 atom stereocenters. The zero-order chi connectivity index (χ0) is 26.0. The van der Waals surface area contributed by atoms with Gasteiger partial charge in [0.1, 0.15) is 18.1 Å². The Kier molecular flexibility index (Phi) is 11.2. The summed E-state index contributed by atoms with van der Waals surface area (Å²) >= 11 is 0. The van der Waals surface area contributed by atoms with E-state index in [9.17, 15) is 29.1 Å². The van der Waals surface area contributed by atoms with E-state index in [2.05, 4.69) is 16.0 Å². The summed E-state index contributed by atoms with van der Waals surface area (Å²) < 4.78 is 0. The Morgan fingerprint density at radius 1 is 0.824 bits per heavy atom. The van der Waals surface area contributed by atoms with Crippen molar-refractivity contribution in [2.75, 3.05) is 0 Å². The number of primary amides is 1. The van der Waals surface area contributed by atoms with Crippen LogP contribution in [0.25, 0.3) is 0 Å². The van der Waals surface area contributed by atoms with Gasteiger partial charge in [0.05, 0.1) is 12.5 Å². The highest BCUT2D eigenvalue weighted by atomic mass is 16.4. The van der Waals surface area contributed by atoms with Gasteiger partial charge in [0, 0.05) is 6.42 Å². The van der Waals surface area contributed by atoms with Gasteiger partial charge in [-0.05, 0) is 17.4 Å². The number of rotatable bonds is 13. The second kappa shape index (κ2) is 13.3. The molecular weight excluding hydrogens is 442 g/mol. The minimum absolute atomic E-state index is 0.148. The Balaban J connectivity index is 3.08. The molecular formula is C23H35N5O6. The van der Waals surface area contributed by atoms with E-state index in [1.807, 2.05) is 6.07 Å². The third-order valence-corrected chi connectivity index (χ3v) is 5.20. The summed E-state index contributed by atoms with van der Waals surface area (Å²) in [5, 5.41) is 16.7. The van der Waals surface area contributed by atoms with Gasteiger partial charge in [0.25, 0.3) is 0 Å². The van der Waals surface area contributed by atoms with E-state index in [-0.39, 0.29) is 12.3 Å². The molecule has 1 aromatic carbocycles. The summed E-state index contributed by atoms with van der Waals surface area (Å²) in [6.07, 6.45) is -0.450. The Hall–Kier alpha value is -3.47. The molecule has 11 heteroatoms. The van der Waals surface area contributed by atoms with Crippen molar-refractivity contribution in [2.45, 2.75) is 64.7 Å². The van der Waals surface area contributed by atoms with E-state index in [4.69, 9.17) is 11.5 Å². The largest absolute Gasteiger partial charge is 0.480 e. The van der Waals surface area contributed by atoms with Crippen LogP contribution < -0.4 is 27.4 Å². The molecule has 34 heavy (non-hydrogen) atoms. The van der Waals surface area contributed by atoms with Gasteiger partial charge in [-0.1, -0.05) is 58.0 Å². The lowest BCUT2D eigenvalue weighted by Gasteiger charge is -2.27. The van der Waals surface area contributed by atoms with Crippen LogP contribution in [0.2, 0.25) is 0 Å². The van der Waals surface area contributed by atoms with Crippen LogP contribution >= 0.6 is 0 Å². The maximum absolute atomic E-state index is 13.2. The second-order valence-corrected chi connectivity index (χ2v) is 8.82. The van der Waals surface area contributed by atoms with Crippen molar-refractivity contribution in [1.82, 2.24) is 16.0 Å². The minimum Gasteiger partial charge on any atom is -0.480 e. The number of carbonyl (C=O) groups is 5. The van der Waals surface area contributed by atoms with Gasteiger partial charge in [-0.2, -0.15) is 0 Å². The number of carboxylic acids is 1. The number of nitrogens with two attached hydrogens (primary N) is 2. The smallest absolute Gasteiger partial charge is 0.326 e. The first-order chi connectivity index (χ1) is 15.8. The van der Waals surface area contributed by atoms with Gasteiger partial charge >= 0.3 is 5.97 Å². The molecule has 1 rings (SSSR count). The van der Waals surface area contributed by atoms with E-state index >= 15 is 0 Å². The van der Waals surface area contributed by atoms with Crippen LogP contribution in [0.5, 0.6) is 0 Å². The zero-order valence-corrected chi connectivity index (χ0v) is 19.9. The number of carboxylic acid groups (broad SMARTS) is 1. The SMILES string of the molecule is CC(C)C(N)C(=O)NC(Cc1ccccc1)C(=O)NC(C(=O)NC(CC(N)=O)C(=O)O)C(C)C. The number of nitrogens with one attached hydrogen (secondary N) is 3. The summed E-state index contributed by atoms with van der Waals surface area (Å²) in [5.74, 6) is -4.86. The van der Waals surface area contributed by atoms with Crippen LogP contribution in [0.15, 0.2) is 30.3 Å². The summed E-state index contributed by atoms with van der Waals surface area (Å²) in [6, 6.07) is 4.46. The molecule has 0 radical (unpaired) electrons. The molecule has 4 amide bonds. The van der Waals surface area contributed by atoms with E-state index in [1.165, 1.54) is 0 Å². The lowest BCUT2D eigenvalue weighted by molar-refractivity contribution is -0.144. The topological polar surface area (TPSA) is 194 Å². The number of hydrogen-bond donors (Lipinski definition) is 6. The first kappa shape index (κ1) is 28.6. The minimum atomic E-state index is -1.54. The average molecular weight is 478 g/mol. The Morgan fingerprint density at radius 3 is 1.85 bits per heavy atom. The number of carbonyl (C=O) groups excluding carboxylic acids is 4. The molecule has 0 aromatic heterocycles. The van der Waals surface area contributed by atoms with Crippen LogP contribution in [0.1, 0.15) is 39.7 Å². The molecule has 0 saturated heterocycles. The first-order valence-electron chi connectivity index (χ1n) is 11.0. The number of benzene rings is 1. The van der Waals surface area contributed by atoms with Crippen molar-refractivity contribution in [2.24, 2.45) is 23.3 Å². The highest BCUT2D eigenvalue weighted by molar-refractivity contribution is 5.95. The lowest BCUT2D eigenvalue weighted by atomic mass is 9.99. The highest BCUT2D eigenvalue weighted by Gasteiger charge is 2.32. The highest BCUT2D eigenvalue weighted by Crippen LogP contribution is 2.09. The van der Waals surface area contributed by atoms with Gasteiger partial charge in [-0.3, -0.25) is 19.2 Å². The van der Waals surface area contributed by atoms with Gasteiger partial charge in [-0.15, -0.1) is 0 Å². The Morgan fingerprint density at radius 2 is 1.38 bits per heavy atom. The van der Waals surface area contributed by atoms with Crippen LogP contribution in [0.3, 0.4) is 0 Å². The molecule has 0 fully saturated rings. The predicted molar refractivity (Wildman–Crippen MR) is 125 cm³/mol. The van der Waals surface area contributed by atoms with Gasteiger partial charge in [0.2, 0.25) is 23.6 Å². The monoisotopic (exact) mass is 477 g/mol. The van der Waals surface area contributed by atoms with Crippen molar-refractivity contribution in [3.05, 3.63) is 35.9 Å². The quantitative estimate of drug-likeness (QED) is 0.216. The Labute approximate surface area is 199 Å². The average Bonchev–Trinajstić information content (AvgIpc) is 2.75. The molecule has 0 aliphatic heterocycles. The van der Waals surface area contributed by atoms with Crippen molar-refractivity contribution in [3.63, 3.8) is 0 Å². The fourth-order valence-corrected chi connectivity index (χ4v) is 3.08. The molecule has 0 heterocycles. The zero-order valence-electron chi connectivity index (χ0n) is 19.9. The second-order valence-electron chi connectivity index (χ2n) is 8.82. The van der Waals surface area contributed by atoms with Gasteiger partial charge < -0.3 is 32.5 Å². The molecule has 11 nitrogen and oxygen atoms in total. The molecule has 0 bridgehead atoms. The number of aliphatic carboxylic acids is 1. The van der Waals surface area contributed by atoms with E-state index in [1.54, 1.807) is 52.0 Å². The van der Waals surface area contributed by atoms with Crippen LogP contribution in [-0.2, 0) is 30.4 Å². The summed E-state index contributed by atoms with van der Waals surface area (Å²) in [6.45, 7) is 6.88. The third-order valence-electron chi connectivity index (χ3n) is 5.20.